The monoisotopic (exact) mass is 331 g/mol. The van der Waals surface area contributed by atoms with Crippen molar-refractivity contribution in [3.63, 3.8) is 0 Å². The summed E-state index contributed by atoms with van der Waals surface area (Å²) in [4.78, 5) is 14.8. The molecule has 0 spiro atoms. The zero-order valence-corrected chi connectivity index (χ0v) is 14.7. The molecule has 0 aromatic carbocycles. The van der Waals surface area contributed by atoms with E-state index in [1.807, 2.05) is 17.0 Å². The number of carbonyl (C=O) groups is 1. The van der Waals surface area contributed by atoms with Crippen molar-refractivity contribution in [2.75, 3.05) is 13.1 Å². The maximum atomic E-state index is 12.8. The lowest BCUT2D eigenvalue weighted by atomic mass is 9.79. The third kappa shape index (κ3) is 4.46. The summed E-state index contributed by atoms with van der Waals surface area (Å²) in [5, 5.41) is 7.79. The molecule has 0 bridgehead atoms. The maximum absolute atomic E-state index is 12.8. The summed E-state index contributed by atoms with van der Waals surface area (Å²) >= 11 is 0. The first kappa shape index (κ1) is 17.2. The topological polar surface area (TPSA) is 55.3 Å². The van der Waals surface area contributed by atoms with Gasteiger partial charge in [0.25, 0.3) is 0 Å². The molecule has 0 radical (unpaired) electrons. The fourth-order valence-electron chi connectivity index (χ4n) is 3.99. The van der Waals surface area contributed by atoms with Gasteiger partial charge in [0.1, 0.15) is 6.10 Å². The van der Waals surface area contributed by atoms with Crippen LogP contribution in [0.2, 0.25) is 0 Å². The molecule has 5 heteroatoms. The number of ether oxygens (including phenoxy) is 1. The van der Waals surface area contributed by atoms with E-state index in [0.29, 0.717) is 18.3 Å². The van der Waals surface area contributed by atoms with Crippen molar-refractivity contribution in [3.05, 3.63) is 18.3 Å². The summed E-state index contributed by atoms with van der Waals surface area (Å²) in [7, 11) is 0. The van der Waals surface area contributed by atoms with Crippen LogP contribution in [0, 0.1) is 11.8 Å². The van der Waals surface area contributed by atoms with Crippen LogP contribution in [-0.2, 0) is 4.79 Å². The smallest absolute Gasteiger partial charge is 0.233 e. The van der Waals surface area contributed by atoms with Crippen molar-refractivity contribution >= 4 is 5.91 Å². The number of likely N-dealkylation sites (tertiary alicyclic amines) is 1. The van der Waals surface area contributed by atoms with E-state index in [1.54, 1.807) is 6.20 Å². The van der Waals surface area contributed by atoms with Gasteiger partial charge in [0, 0.05) is 31.1 Å². The average Bonchev–Trinajstić information content (AvgIpc) is 3.09. The Balaban J connectivity index is 1.43. The molecule has 0 N–H and O–H groups in total. The molecule has 1 saturated heterocycles. The molecule has 1 saturated carbocycles. The van der Waals surface area contributed by atoms with E-state index >= 15 is 0 Å². The highest BCUT2D eigenvalue weighted by Crippen LogP contribution is 2.33. The van der Waals surface area contributed by atoms with Gasteiger partial charge in [-0.25, -0.2) is 0 Å². The Kier molecular flexibility index (Phi) is 6.05. The van der Waals surface area contributed by atoms with Gasteiger partial charge >= 0.3 is 0 Å². The zero-order chi connectivity index (χ0) is 16.8. The first-order valence-corrected chi connectivity index (χ1v) is 9.49. The summed E-state index contributed by atoms with van der Waals surface area (Å²) in [6, 6.07) is 3.63. The van der Waals surface area contributed by atoms with Gasteiger partial charge in [0.2, 0.25) is 11.8 Å². The molecule has 1 aliphatic heterocycles. The normalized spacial score (nSPS) is 27.2. The molecule has 1 aliphatic carbocycles. The molecule has 1 amide bonds. The SMILES string of the molecule is CCCCC1CCC(C(=O)N2CCC(Oc3cccnn3)C2)CC1. The molecule has 1 aromatic heterocycles. The Morgan fingerprint density at radius 3 is 2.83 bits per heavy atom. The number of aromatic nitrogens is 2. The average molecular weight is 331 g/mol. The summed E-state index contributed by atoms with van der Waals surface area (Å²) < 4.78 is 5.84. The maximum Gasteiger partial charge on any atom is 0.233 e. The van der Waals surface area contributed by atoms with Crippen LogP contribution in [0.4, 0.5) is 0 Å². The van der Waals surface area contributed by atoms with Crippen LogP contribution < -0.4 is 4.74 Å². The number of hydrogen-bond acceptors (Lipinski definition) is 4. The predicted molar refractivity (Wildman–Crippen MR) is 92.6 cm³/mol. The standard InChI is InChI=1S/C19H29N3O2/c1-2-3-5-15-7-9-16(10-8-15)19(23)22-13-11-17(14-22)24-18-6-4-12-20-21-18/h4,6,12,15-17H,2-3,5,7-11,13-14H2,1H3. The first-order chi connectivity index (χ1) is 11.8. The highest BCUT2D eigenvalue weighted by atomic mass is 16.5. The van der Waals surface area contributed by atoms with E-state index in [0.717, 1.165) is 31.7 Å². The minimum Gasteiger partial charge on any atom is -0.471 e. The van der Waals surface area contributed by atoms with Gasteiger partial charge in [-0.3, -0.25) is 4.79 Å². The number of unbranched alkanes of at least 4 members (excludes halogenated alkanes) is 1. The second-order valence-corrected chi connectivity index (χ2v) is 7.23. The predicted octanol–water partition coefficient (Wildman–Crippen LogP) is 3.45. The second-order valence-electron chi connectivity index (χ2n) is 7.23. The largest absolute Gasteiger partial charge is 0.471 e. The fraction of sp³-hybridized carbons (Fsp3) is 0.737. The van der Waals surface area contributed by atoms with Gasteiger partial charge in [-0.05, 0) is 37.7 Å². The molecule has 1 atom stereocenters. The number of nitrogens with zero attached hydrogens (tertiary/aromatic N) is 3. The number of carbonyl (C=O) groups excluding carboxylic acids is 1. The Labute approximate surface area is 144 Å². The van der Waals surface area contributed by atoms with E-state index < -0.39 is 0 Å². The molecule has 3 rings (SSSR count). The van der Waals surface area contributed by atoms with Crippen molar-refractivity contribution in [1.29, 1.82) is 0 Å². The minimum atomic E-state index is 0.0477. The van der Waals surface area contributed by atoms with Crippen molar-refractivity contribution in [2.24, 2.45) is 11.8 Å². The van der Waals surface area contributed by atoms with Crippen LogP contribution in [0.15, 0.2) is 18.3 Å². The molecule has 1 unspecified atom stereocenters. The van der Waals surface area contributed by atoms with Gasteiger partial charge in [-0.1, -0.05) is 26.2 Å². The van der Waals surface area contributed by atoms with Crippen molar-refractivity contribution in [1.82, 2.24) is 15.1 Å². The number of amides is 1. The fourth-order valence-corrected chi connectivity index (χ4v) is 3.99. The Hall–Kier alpha value is -1.65. The molecule has 2 aliphatic rings. The van der Waals surface area contributed by atoms with Gasteiger partial charge in [-0.2, -0.15) is 5.10 Å². The molecule has 5 nitrogen and oxygen atoms in total. The Morgan fingerprint density at radius 2 is 2.12 bits per heavy atom. The first-order valence-electron chi connectivity index (χ1n) is 9.49. The van der Waals surface area contributed by atoms with Crippen LogP contribution in [0.1, 0.15) is 58.3 Å². The molecule has 1 aromatic rings. The van der Waals surface area contributed by atoms with E-state index in [4.69, 9.17) is 4.74 Å². The highest BCUT2D eigenvalue weighted by molar-refractivity contribution is 5.79. The van der Waals surface area contributed by atoms with Crippen LogP contribution in [0.5, 0.6) is 5.88 Å². The Morgan fingerprint density at radius 1 is 1.29 bits per heavy atom. The molecular weight excluding hydrogens is 302 g/mol. The third-order valence-electron chi connectivity index (χ3n) is 5.45. The van der Waals surface area contributed by atoms with Crippen molar-refractivity contribution in [3.8, 4) is 5.88 Å². The van der Waals surface area contributed by atoms with Crippen LogP contribution in [-0.4, -0.2) is 40.2 Å². The molecule has 2 fully saturated rings. The van der Waals surface area contributed by atoms with E-state index in [1.165, 1.54) is 32.1 Å². The summed E-state index contributed by atoms with van der Waals surface area (Å²) in [6.45, 7) is 3.74. The molecule has 2 heterocycles. The van der Waals surface area contributed by atoms with Crippen LogP contribution in [0.3, 0.4) is 0 Å². The lowest BCUT2D eigenvalue weighted by Crippen LogP contribution is -2.37. The molecular formula is C19H29N3O2. The lowest BCUT2D eigenvalue weighted by Gasteiger charge is -2.30. The third-order valence-corrected chi connectivity index (χ3v) is 5.45. The second kappa shape index (κ2) is 8.45. The molecule has 132 valence electrons. The highest BCUT2D eigenvalue weighted by Gasteiger charge is 2.34. The van der Waals surface area contributed by atoms with E-state index in [2.05, 4.69) is 17.1 Å². The van der Waals surface area contributed by atoms with E-state index in [9.17, 15) is 4.79 Å². The summed E-state index contributed by atoms with van der Waals surface area (Å²) in [5.41, 5.74) is 0. The van der Waals surface area contributed by atoms with E-state index in [-0.39, 0.29) is 12.0 Å². The summed E-state index contributed by atoms with van der Waals surface area (Å²) in [6.07, 6.45) is 11.1. The minimum absolute atomic E-state index is 0.0477. The van der Waals surface area contributed by atoms with Gasteiger partial charge in [0.15, 0.2) is 0 Å². The quantitative estimate of drug-likeness (QED) is 0.801. The van der Waals surface area contributed by atoms with Crippen molar-refractivity contribution < 1.29 is 9.53 Å². The summed E-state index contributed by atoms with van der Waals surface area (Å²) in [5.74, 6) is 1.97. The van der Waals surface area contributed by atoms with Crippen LogP contribution >= 0.6 is 0 Å². The Bertz CT molecular complexity index is 515. The lowest BCUT2D eigenvalue weighted by molar-refractivity contribution is -0.136. The van der Waals surface area contributed by atoms with Crippen molar-refractivity contribution in [2.45, 2.75) is 64.4 Å². The zero-order valence-electron chi connectivity index (χ0n) is 14.7. The molecule has 24 heavy (non-hydrogen) atoms. The number of hydrogen-bond donors (Lipinski definition) is 0. The van der Waals surface area contributed by atoms with Gasteiger partial charge in [0.05, 0.1) is 6.54 Å². The van der Waals surface area contributed by atoms with Gasteiger partial charge in [-0.15, -0.1) is 5.10 Å². The van der Waals surface area contributed by atoms with Crippen LogP contribution in [0.25, 0.3) is 0 Å². The number of rotatable bonds is 6. The van der Waals surface area contributed by atoms with Gasteiger partial charge < -0.3 is 9.64 Å².